The van der Waals surface area contributed by atoms with Crippen molar-refractivity contribution in [1.82, 2.24) is 20.5 Å². The Bertz CT molecular complexity index is 1240. The van der Waals surface area contributed by atoms with Crippen molar-refractivity contribution >= 4 is 33.4 Å². The molecule has 2 fully saturated rings. The summed E-state index contributed by atoms with van der Waals surface area (Å²) in [6.07, 6.45) is 7.08. The number of aromatic nitrogens is 1. The molecule has 1 aliphatic carbocycles. The smallest absolute Gasteiger partial charge is 0.246 e. The fourth-order valence-corrected chi connectivity index (χ4v) is 7.07. The zero-order chi connectivity index (χ0) is 26.5. The Hall–Kier alpha value is -2.81. The number of rotatable bonds is 9. The van der Waals surface area contributed by atoms with Gasteiger partial charge in [-0.05, 0) is 50.2 Å². The van der Waals surface area contributed by atoms with Gasteiger partial charge < -0.3 is 20.6 Å². The van der Waals surface area contributed by atoms with Crippen molar-refractivity contribution in [2.24, 2.45) is 5.92 Å². The number of amides is 2. The van der Waals surface area contributed by atoms with Gasteiger partial charge in [0.25, 0.3) is 0 Å². The van der Waals surface area contributed by atoms with Crippen LogP contribution >= 0.6 is 11.3 Å². The van der Waals surface area contributed by atoms with Gasteiger partial charge in [-0.2, -0.15) is 0 Å². The molecule has 38 heavy (non-hydrogen) atoms. The molecule has 2 aromatic carbocycles. The van der Waals surface area contributed by atoms with Crippen LogP contribution in [0.2, 0.25) is 0 Å². The Labute approximate surface area is 228 Å². The average Bonchev–Trinajstić information content (AvgIpc) is 3.62. The predicted molar refractivity (Wildman–Crippen MR) is 152 cm³/mol. The van der Waals surface area contributed by atoms with Crippen molar-refractivity contribution in [2.45, 2.75) is 70.0 Å². The van der Waals surface area contributed by atoms with Crippen LogP contribution in [0, 0.1) is 5.92 Å². The van der Waals surface area contributed by atoms with Crippen molar-refractivity contribution < 1.29 is 14.7 Å². The normalized spacial score (nSPS) is 19.9. The van der Waals surface area contributed by atoms with Crippen LogP contribution in [-0.2, 0) is 9.59 Å². The summed E-state index contributed by atoms with van der Waals surface area (Å²) in [5.41, 5.74) is 3.23. The molecular formula is C30H38N4O3S. The van der Waals surface area contributed by atoms with Crippen molar-refractivity contribution in [2.75, 3.05) is 19.7 Å². The molecule has 3 atom stereocenters. The third-order valence-electron chi connectivity index (χ3n) is 7.98. The molecule has 0 bridgehead atoms. The van der Waals surface area contributed by atoms with Gasteiger partial charge in [0.1, 0.15) is 11.0 Å². The molecule has 3 N–H and O–H groups in total. The van der Waals surface area contributed by atoms with E-state index in [0.717, 1.165) is 64.9 Å². The maximum Gasteiger partial charge on any atom is 0.246 e. The third kappa shape index (κ3) is 5.77. The summed E-state index contributed by atoms with van der Waals surface area (Å²) in [6, 6.07) is 15.5. The lowest BCUT2D eigenvalue weighted by Gasteiger charge is -2.35. The summed E-state index contributed by atoms with van der Waals surface area (Å²) in [5, 5.41) is 16.2. The molecule has 5 rings (SSSR count). The second-order valence-corrected chi connectivity index (χ2v) is 11.6. The molecule has 202 valence electrons. The second kappa shape index (κ2) is 12.4. The molecule has 2 heterocycles. The van der Waals surface area contributed by atoms with Gasteiger partial charge in [-0.25, -0.2) is 4.98 Å². The summed E-state index contributed by atoms with van der Waals surface area (Å²) < 4.78 is 1.13. The summed E-state index contributed by atoms with van der Waals surface area (Å²) >= 11 is 1.67. The molecule has 0 radical (unpaired) electrons. The molecule has 1 saturated heterocycles. The molecule has 1 saturated carbocycles. The average molecular weight is 535 g/mol. The topological polar surface area (TPSA) is 94.6 Å². The van der Waals surface area contributed by atoms with E-state index in [-0.39, 0.29) is 30.4 Å². The number of aliphatic hydroxyl groups is 1. The zero-order valence-electron chi connectivity index (χ0n) is 22.1. The second-order valence-electron chi connectivity index (χ2n) is 10.5. The molecule has 0 spiro atoms. The van der Waals surface area contributed by atoms with E-state index in [2.05, 4.69) is 41.0 Å². The van der Waals surface area contributed by atoms with Crippen molar-refractivity contribution in [3.8, 4) is 11.1 Å². The third-order valence-corrected chi connectivity index (χ3v) is 9.10. The summed E-state index contributed by atoms with van der Waals surface area (Å²) in [5.74, 6) is -0.0261. The van der Waals surface area contributed by atoms with E-state index >= 15 is 0 Å². The standard InChI is InChI=1S/C30H38N4O3S/c1-20(31-17-19-35)28(36)32-26(22-12-6-3-7-13-22)30(37)34-18-9-15-24(34)29-33-27-23(14-8-16-25(27)38-29)21-10-4-2-5-11-21/h2,4-5,8,10-11,14,16,20,22,24,26,31,35H,3,6-7,9,12-13,15,17-19H2,1H3,(H,32,36)/t20-,24-,26-/m0/s1. The first-order valence-electron chi connectivity index (χ1n) is 14.0. The largest absolute Gasteiger partial charge is 0.395 e. The molecule has 2 amide bonds. The first-order chi connectivity index (χ1) is 18.6. The fraction of sp³-hybridized carbons (Fsp3) is 0.500. The van der Waals surface area contributed by atoms with E-state index < -0.39 is 12.1 Å². The molecular weight excluding hydrogens is 496 g/mol. The number of fused-ring (bicyclic) bond motifs is 1. The number of carbonyl (C=O) groups is 2. The number of thiazole rings is 1. The Morgan fingerprint density at radius 1 is 1.05 bits per heavy atom. The van der Waals surface area contributed by atoms with Gasteiger partial charge in [0, 0.05) is 18.7 Å². The van der Waals surface area contributed by atoms with Crippen LogP contribution in [0.1, 0.15) is 62.9 Å². The molecule has 0 unspecified atom stereocenters. The Morgan fingerprint density at radius 2 is 1.84 bits per heavy atom. The van der Waals surface area contributed by atoms with Crippen LogP contribution in [-0.4, -0.2) is 58.6 Å². The summed E-state index contributed by atoms with van der Waals surface area (Å²) in [6.45, 7) is 2.76. The SMILES string of the molecule is C[C@H](NCCO)C(=O)N[C@H](C(=O)N1CCC[C@H]1c1nc2c(-c3ccccc3)cccc2s1)C1CCCCC1. The minimum Gasteiger partial charge on any atom is -0.395 e. The molecule has 7 nitrogen and oxygen atoms in total. The van der Waals surface area contributed by atoms with E-state index in [0.29, 0.717) is 13.1 Å². The van der Waals surface area contributed by atoms with Crippen LogP contribution in [0.15, 0.2) is 48.5 Å². The molecule has 1 aliphatic heterocycles. The van der Waals surface area contributed by atoms with Crippen molar-refractivity contribution in [3.63, 3.8) is 0 Å². The van der Waals surface area contributed by atoms with E-state index in [1.807, 2.05) is 23.1 Å². The Balaban J connectivity index is 1.40. The molecule has 1 aromatic heterocycles. The number of carbonyl (C=O) groups excluding carboxylic acids is 2. The van der Waals surface area contributed by atoms with Crippen LogP contribution in [0.25, 0.3) is 21.3 Å². The number of benzene rings is 2. The zero-order valence-corrected chi connectivity index (χ0v) is 22.9. The highest BCUT2D eigenvalue weighted by Crippen LogP contribution is 2.40. The number of aliphatic hydroxyl groups excluding tert-OH is 1. The van der Waals surface area contributed by atoms with Crippen molar-refractivity contribution in [3.05, 3.63) is 53.5 Å². The maximum atomic E-state index is 14.1. The lowest BCUT2D eigenvalue weighted by Crippen LogP contribution is -2.56. The molecule has 8 heteroatoms. The Morgan fingerprint density at radius 3 is 2.61 bits per heavy atom. The fourth-order valence-electron chi connectivity index (χ4n) is 5.93. The summed E-state index contributed by atoms with van der Waals surface area (Å²) in [7, 11) is 0. The van der Waals surface area contributed by atoms with E-state index in [4.69, 9.17) is 10.1 Å². The van der Waals surface area contributed by atoms with E-state index in [1.165, 1.54) is 6.42 Å². The maximum absolute atomic E-state index is 14.1. The van der Waals surface area contributed by atoms with E-state index in [1.54, 1.807) is 18.3 Å². The highest BCUT2D eigenvalue weighted by molar-refractivity contribution is 7.18. The molecule has 3 aromatic rings. The number of likely N-dealkylation sites (tertiary alicyclic amines) is 1. The van der Waals surface area contributed by atoms with Gasteiger partial charge in [0.15, 0.2) is 0 Å². The minimum atomic E-state index is -0.531. The Kier molecular flexibility index (Phi) is 8.72. The number of para-hydroxylation sites is 1. The first kappa shape index (κ1) is 26.8. The monoisotopic (exact) mass is 534 g/mol. The number of nitrogens with zero attached hydrogens (tertiary/aromatic N) is 2. The highest BCUT2D eigenvalue weighted by Gasteiger charge is 2.40. The van der Waals surface area contributed by atoms with Gasteiger partial charge in [-0.1, -0.05) is 61.7 Å². The van der Waals surface area contributed by atoms with Crippen LogP contribution < -0.4 is 10.6 Å². The quantitative estimate of drug-likeness (QED) is 0.371. The molecule has 2 aliphatic rings. The van der Waals surface area contributed by atoms with Gasteiger partial charge in [-0.3, -0.25) is 9.59 Å². The van der Waals surface area contributed by atoms with Gasteiger partial charge in [0.2, 0.25) is 11.8 Å². The van der Waals surface area contributed by atoms with Crippen molar-refractivity contribution in [1.29, 1.82) is 0 Å². The van der Waals surface area contributed by atoms with Gasteiger partial charge in [-0.15, -0.1) is 11.3 Å². The number of hydrogen-bond acceptors (Lipinski definition) is 6. The first-order valence-corrected chi connectivity index (χ1v) is 14.8. The number of nitrogens with one attached hydrogen (secondary N) is 2. The lowest BCUT2D eigenvalue weighted by molar-refractivity contribution is -0.139. The van der Waals surface area contributed by atoms with Crippen LogP contribution in [0.4, 0.5) is 0 Å². The van der Waals surface area contributed by atoms with Gasteiger partial charge in [0.05, 0.1) is 28.9 Å². The predicted octanol–water partition coefficient (Wildman–Crippen LogP) is 4.66. The van der Waals surface area contributed by atoms with Gasteiger partial charge >= 0.3 is 0 Å². The van der Waals surface area contributed by atoms with Crippen LogP contribution in [0.5, 0.6) is 0 Å². The highest BCUT2D eigenvalue weighted by atomic mass is 32.1. The summed E-state index contributed by atoms with van der Waals surface area (Å²) in [4.78, 5) is 34.2. The minimum absolute atomic E-state index is 0.0182. The lowest BCUT2D eigenvalue weighted by atomic mass is 9.83. The van der Waals surface area contributed by atoms with Crippen LogP contribution in [0.3, 0.4) is 0 Å². The van der Waals surface area contributed by atoms with E-state index in [9.17, 15) is 9.59 Å². The number of hydrogen-bond donors (Lipinski definition) is 3.